The second-order valence-corrected chi connectivity index (χ2v) is 3.95. The molecule has 0 aliphatic carbocycles. The average Bonchev–Trinajstić information content (AvgIpc) is 2.56. The van der Waals surface area contributed by atoms with E-state index in [1.54, 1.807) is 0 Å². The van der Waals surface area contributed by atoms with Gasteiger partial charge >= 0.3 is 0 Å². The van der Waals surface area contributed by atoms with Crippen LogP contribution in [0.15, 0.2) is 17.1 Å². The zero-order valence-corrected chi connectivity index (χ0v) is 8.73. The van der Waals surface area contributed by atoms with E-state index in [0.717, 1.165) is 17.7 Å². The SMILES string of the molecule is C#CCn1sc2ncc([N+](=O)[O-])cc2c1=O. The van der Waals surface area contributed by atoms with Gasteiger partial charge in [0.25, 0.3) is 11.2 Å². The predicted molar refractivity (Wildman–Crippen MR) is 59.4 cm³/mol. The Balaban J connectivity index is 2.70. The van der Waals surface area contributed by atoms with E-state index in [9.17, 15) is 14.9 Å². The molecule has 2 aromatic heterocycles. The molecule has 0 aromatic carbocycles. The first-order valence-electron chi connectivity index (χ1n) is 4.21. The summed E-state index contributed by atoms with van der Waals surface area (Å²) in [4.78, 5) is 25.9. The molecule has 0 aliphatic rings. The van der Waals surface area contributed by atoms with Gasteiger partial charge in [-0.3, -0.25) is 14.9 Å². The van der Waals surface area contributed by atoms with Crippen LogP contribution in [0.25, 0.3) is 10.2 Å². The monoisotopic (exact) mass is 235 g/mol. The number of nitro groups is 1. The lowest BCUT2D eigenvalue weighted by molar-refractivity contribution is -0.385. The second-order valence-electron chi connectivity index (χ2n) is 2.94. The van der Waals surface area contributed by atoms with Gasteiger partial charge in [0, 0.05) is 6.07 Å². The maximum Gasteiger partial charge on any atom is 0.288 e. The van der Waals surface area contributed by atoms with E-state index in [-0.39, 0.29) is 23.2 Å². The number of pyridine rings is 1. The van der Waals surface area contributed by atoms with E-state index in [1.165, 1.54) is 10.0 Å². The van der Waals surface area contributed by atoms with Gasteiger partial charge in [0.1, 0.15) is 11.0 Å². The van der Waals surface area contributed by atoms with Crippen molar-refractivity contribution < 1.29 is 4.92 Å². The number of nitrogens with zero attached hydrogens (tertiary/aromatic N) is 3. The summed E-state index contributed by atoms with van der Waals surface area (Å²) in [5.41, 5.74) is -0.538. The molecule has 0 saturated carbocycles. The van der Waals surface area contributed by atoms with E-state index in [0.29, 0.717) is 4.83 Å². The molecule has 0 N–H and O–H groups in total. The minimum absolute atomic E-state index is 0.146. The number of fused-ring (bicyclic) bond motifs is 1. The van der Waals surface area contributed by atoms with E-state index < -0.39 is 4.92 Å². The second kappa shape index (κ2) is 3.75. The van der Waals surface area contributed by atoms with Gasteiger partial charge in [0.15, 0.2) is 0 Å². The van der Waals surface area contributed by atoms with Crippen LogP contribution in [0.2, 0.25) is 0 Å². The Hall–Kier alpha value is -2.20. The third-order valence-electron chi connectivity index (χ3n) is 1.94. The minimum Gasteiger partial charge on any atom is -0.268 e. The van der Waals surface area contributed by atoms with Crippen molar-refractivity contribution in [3.8, 4) is 12.3 Å². The summed E-state index contributed by atoms with van der Waals surface area (Å²) in [5.74, 6) is 2.33. The van der Waals surface area contributed by atoms with Crippen molar-refractivity contribution >= 4 is 27.4 Å². The van der Waals surface area contributed by atoms with Crippen LogP contribution in [-0.4, -0.2) is 13.9 Å². The molecule has 0 spiro atoms. The third kappa shape index (κ3) is 1.55. The van der Waals surface area contributed by atoms with E-state index in [2.05, 4.69) is 10.9 Å². The smallest absolute Gasteiger partial charge is 0.268 e. The molecule has 0 unspecified atom stereocenters. The highest BCUT2D eigenvalue weighted by Gasteiger charge is 2.13. The molecule has 2 aromatic rings. The molecule has 0 saturated heterocycles. The summed E-state index contributed by atoms with van der Waals surface area (Å²) in [6.45, 7) is 0.146. The highest BCUT2D eigenvalue weighted by molar-refractivity contribution is 7.13. The standard InChI is InChI=1S/C9H5N3O3S/c1-2-3-11-9(13)7-4-6(12(14)15)5-10-8(7)16-11/h1,4-5H,3H2. The van der Waals surface area contributed by atoms with Crippen LogP contribution in [0.4, 0.5) is 5.69 Å². The van der Waals surface area contributed by atoms with E-state index in [1.807, 2.05) is 0 Å². The molecular formula is C9H5N3O3S. The normalized spacial score (nSPS) is 10.2. The van der Waals surface area contributed by atoms with E-state index >= 15 is 0 Å². The molecule has 7 heteroatoms. The molecule has 0 amide bonds. The summed E-state index contributed by atoms with van der Waals surface area (Å²) >= 11 is 1.10. The fourth-order valence-corrected chi connectivity index (χ4v) is 2.11. The first-order chi connectivity index (χ1) is 7.63. The van der Waals surface area contributed by atoms with Crippen LogP contribution in [0, 0.1) is 22.5 Å². The minimum atomic E-state index is -0.588. The molecular weight excluding hydrogens is 230 g/mol. The zero-order chi connectivity index (χ0) is 11.7. The number of aromatic nitrogens is 2. The number of hydrogen-bond donors (Lipinski definition) is 0. The van der Waals surface area contributed by atoms with Gasteiger partial charge in [0.2, 0.25) is 0 Å². The Kier molecular flexibility index (Phi) is 2.42. The summed E-state index contributed by atoms with van der Waals surface area (Å²) in [7, 11) is 0. The molecule has 0 radical (unpaired) electrons. The molecule has 16 heavy (non-hydrogen) atoms. The Morgan fingerprint density at radius 3 is 3.06 bits per heavy atom. The van der Waals surface area contributed by atoms with Crippen LogP contribution >= 0.6 is 11.5 Å². The van der Waals surface area contributed by atoms with Gasteiger partial charge in [0.05, 0.1) is 16.9 Å². The molecule has 0 aliphatic heterocycles. The first kappa shape index (κ1) is 10.3. The van der Waals surface area contributed by atoms with Gasteiger partial charge in [-0.05, 0) is 11.5 Å². The van der Waals surface area contributed by atoms with Gasteiger partial charge < -0.3 is 0 Å². The topological polar surface area (TPSA) is 78.0 Å². The lowest BCUT2D eigenvalue weighted by Gasteiger charge is -1.88. The van der Waals surface area contributed by atoms with Crippen LogP contribution < -0.4 is 5.56 Å². The van der Waals surface area contributed by atoms with Crippen LogP contribution in [0.1, 0.15) is 0 Å². The summed E-state index contributed by atoms with van der Waals surface area (Å²) < 4.78 is 1.33. The summed E-state index contributed by atoms with van der Waals surface area (Å²) in [6, 6.07) is 1.22. The van der Waals surface area contributed by atoms with E-state index in [4.69, 9.17) is 6.42 Å². The molecule has 0 bridgehead atoms. The summed E-state index contributed by atoms with van der Waals surface area (Å²) in [5, 5.41) is 10.7. The first-order valence-corrected chi connectivity index (χ1v) is 4.98. The molecule has 6 nitrogen and oxygen atoms in total. The van der Waals surface area contributed by atoms with Crippen molar-refractivity contribution in [1.29, 1.82) is 0 Å². The number of terminal acetylenes is 1. The van der Waals surface area contributed by atoms with Crippen molar-refractivity contribution in [3.63, 3.8) is 0 Å². The molecule has 0 fully saturated rings. The maximum absolute atomic E-state index is 11.7. The highest BCUT2D eigenvalue weighted by atomic mass is 32.1. The van der Waals surface area contributed by atoms with Gasteiger partial charge in [-0.1, -0.05) is 5.92 Å². The van der Waals surface area contributed by atoms with Crippen LogP contribution in [0.5, 0.6) is 0 Å². The Bertz CT molecular complexity index is 665. The number of hydrogen-bond acceptors (Lipinski definition) is 5. The summed E-state index contributed by atoms with van der Waals surface area (Å²) in [6.07, 6.45) is 6.22. The fourth-order valence-electron chi connectivity index (χ4n) is 1.23. The van der Waals surface area contributed by atoms with Gasteiger partial charge in [-0.15, -0.1) is 6.42 Å². The van der Waals surface area contributed by atoms with Gasteiger partial charge in [-0.2, -0.15) is 0 Å². The third-order valence-corrected chi connectivity index (χ3v) is 2.95. The van der Waals surface area contributed by atoms with Crippen molar-refractivity contribution in [2.45, 2.75) is 6.54 Å². The molecule has 2 rings (SSSR count). The van der Waals surface area contributed by atoms with Crippen molar-refractivity contribution in [3.05, 3.63) is 32.7 Å². The highest BCUT2D eigenvalue weighted by Crippen LogP contribution is 2.18. The van der Waals surface area contributed by atoms with Gasteiger partial charge in [-0.25, -0.2) is 8.94 Å². The van der Waals surface area contributed by atoms with Crippen molar-refractivity contribution in [2.24, 2.45) is 0 Å². The lowest BCUT2D eigenvalue weighted by Crippen LogP contribution is -2.11. The molecule has 80 valence electrons. The lowest BCUT2D eigenvalue weighted by atomic mass is 10.3. The number of rotatable bonds is 2. The van der Waals surface area contributed by atoms with Crippen molar-refractivity contribution in [2.75, 3.05) is 0 Å². The quantitative estimate of drug-likeness (QED) is 0.442. The average molecular weight is 235 g/mol. The Morgan fingerprint density at radius 2 is 2.44 bits per heavy atom. The zero-order valence-electron chi connectivity index (χ0n) is 7.91. The Morgan fingerprint density at radius 1 is 1.69 bits per heavy atom. The van der Waals surface area contributed by atoms with Crippen molar-refractivity contribution in [1.82, 2.24) is 8.94 Å². The maximum atomic E-state index is 11.7. The predicted octanol–water partition coefficient (Wildman–Crippen LogP) is 0.999. The largest absolute Gasteiger partial charge is 0.288 e. The molecule has 0 atom stereocenters. The van der Waals surface area contributed by atoms with Crippen LogP contribution in [-0.2, 0) is 6.54 Å². The fraction of sp³-hybridized carbons (Fsp3) is 0.111. The van der Waals surface area contributed by atoms with Crippen LogP contribution in [0.3, 0.4) is 0 Å². The molecule has 2 heterocycles. The Labute approximate surface area is 93.5 Å².